The van der Waals surface area contributed by atoms with Gasteiger partial charge in [0.15, 0.2) is 0 Å². The molecule has 0 spiro atoms. The normalized spacial score (nSPS) is 15.0. The van der Waals surface area contributed by atoms with E-state index in [-0.39, 0.29) is 16.0 Å². The topological polar surface area (TPSA) is 56.8 Å². The van der Waals surface area contributed by atoms with Crippen molar-refractivity contribution in [1.29, 1.82) is 0 Å². The van der Waals surface area contributed by atoms with Crippen LogP contribution in [0.25, 0.3) is 10.1 Å². The van der Waals surface area contributed by atoms with Crippen LogP contribution in [0.1, 0.15) is 19.4 Å². The number of hydrogen-bond donors (Lipinski definition) is 0. The maximum atomic E-state index is 13.7. The molecule has 0 atom stereocenters. The highest BCUT2D eigenvalue weighted by molar-refractivity contribution is 7.93. The number of rotatable bonds is 8. The molecule has 194 valence electrons. The molecular formula is C28H31ClN4O2S2. The Morgan fingerprint density at radius 2 is 1.62 bits per heavy atom. The lowest BCUT2D eigenvalue weighted by molar-refractivity contribution is 0.261. The minimum Gasteiger partial charge on any atom is -0.353 e. The molecule has 0 N–H and O–H groups in total. The molecule has 5 rings (SSSR count). The van der Waals surface area contributed by atoms with Crippen LogP contribution in [-0.2, 0) is 16.4 Å². The summed E-state index contributed by atoms with van der Waals surface area (Å²) >= 11 is 7.86. The summed E-state index contributed by atoms with van der Waals surface area (Å²) in [6.45, 7) is 8.39. The van der Waals surface area contributed by atoms with Crippen LogP contribution in [0.3, 0.4) is 0 Å². The smallest absolute Gasteiger partial charge is 0.266 e. The van der Waals surface area contributed by atoms with Gasteiger partial charge in [0, 0.05) is 44.2 Å². The van der Waals surface area contributed by atoms with Crippen LogP contribution >= 0.6 is 23.1 Å². The van der Waals surface area contributed by atoms with Crippen molar-refractivity contribution in [3.63, 3.8) is 0 Å². The van der Waals surface area contributed by atoms with Crippen molar-refractivity contribution in [3.8, 4) is 0 Å². The van der Waals surface area contributed by atoms with Crippen LogP contribution in [-0.4, -0.2) is 56.5 Å². The van der Waals surface area contributed by atoms with E-state index in [1.807, 2.05) is 38.1 Å². The first-order chi connectivity index (χ1) is 17.9. The van der Waals surface area contributed by atoms with E-state index >= 15 is 0 Å². The van der Waals surface area contributed by atoms with E-state index in [4.69, 9.17) is 16.0 Å². The number of sulfonamides is 1. The van der Waals surface area contributed by atoms with Gasteiger partial charge in [0.1, 0.15) is 10.7 Å². The van der Waals surface area contributed by atoms with Crippen molar-refractivity contribution in [1.82, 2.24) is 9.27 Å². The number of anilines is 2. The molecule has 0 unspecified atom stereocenters. The van der Waals surface area contributed by atoms with Crippen LogP contribution in [0.5, 0.6) is 0 Å². The summed E-state index contributed by atoms with van der Waals surface area (Å²) in [5.74, 6) is 1.09. The zero-order valence-corrected chi connectivity index (χ0v) is 23.4. The number of aromatic nitrogens is 1. The van der Waals surface area contributed by atoms with Gasteiger partial charge in [-0.25, -0.2) is 8.42 Å². The summed E-state index contributed by atoms with van der Waals surface area (Å²) in [6, 6.07) is 22.6. The average Bonchev–Trinajstić information content (AvgIpc) is 3.32. The highest BCUT2D eigenvalue weighted by atomic mass is 35.5. The van der Waals surface area contributed by atoms with E-state index in [1.165, 1.54) is 14.4 Å². The zero-order valence-electron chi connectivity index (χ0n) is 21.0. The van der Waals surface area contributed by atoms with E-state index in [1.54, 1.807) is 35.8 Å². The molecule has 1 aromatic heterocycles. The summed E-state index contributed by atoms with van der Waals surface area (Å²) in [4.78, 5) is 4.95. The molecule has 0 saturated carbocycles. The largest absolute Gasteiger partial charge is 0.353 e. The number of benzene rings is 3. The first kappa shape index (κ1) is 26.0. The summed E-state index contributed by atoms with van der Waals surface area (Å²) in [6.07, 6.45) is 0.761. The van der Waals surface area contributed by atoms with Crippen molar-refractivity contribution >= 4 is 54.7 Å². The fraction of sp³-hybridized carbons (Fsp3) is 0.321. The van der Waals surface area contributed by atoms with E-state index in [0.29, 0.717) is 5.69 Å². The number of fused-ring (bicyclic) bond motifs is 1. The van der Waals surface area contributed by atoms with Gasteiger partial charge in [-0.1, -0.05) is 54.1 Å². The van der Waals surface area contributed by atoms with Gasteiger partial charge >= 0.3 is 0 Å². The number of para-hydroxylation sites is 1. The van der Waals surface area contributed by atoms with Crippen LogP contribution in [0.15, 0.2) is 77.7 Å². The summed E-state index contributed by atoms with van der Waals surface area (Å²) in [5.41, 5.74) is 1.73. The van der Waals surface area contributed by atoms with Crippen molar-refractivity contribution in [3.05, 3.63) is 83.4 Å². The van der Waals surface area contributed by atoms with Gasteiger partial charge in [0.25, 0.3) is 10.0 Å². The highest BCUT2D eigenvalue weighted by Gasteiger charge is 2.31. The van der Waals surface area contributed by atoms with Gasteiger partial charge in [-0.15, -0.1) is 0 Å². The molecule has 1 fully saturated rings. The van der Waals surface area contributed by atoms with Gasteiger partial charge in [-0.05, 0) is 67.7 Å². The maximum Gasteiger partial charge on any atom is 0.266 e. The van der Waals surface area contributed by atoms with E-state index < -0.39 is 10.0 Å². The quantitative estimate of drug-likeness (QED) is 0.271. The first-order valence-electron chi connectivity index (χ1n) is 12.5. The van der Waals surface area contributed by atoms with Crippen molar-refractivity contribution in [2.45, 2.75) is 31.2 Å². The van der Waals surface area contributed by atoms with Crippen LogP contribution in [0, 0.1) is 0 Å². The Hall–Kier alpha value is -2.65. The molecule has 0 amide bonds. The number of piperazine rings is 1. The van der Waals surface area contributed by atoms with E-state index in [0.717, 1.165) is 50.5 Å². The standard InChI is InChI=1S/C28H31ClN4O2S2/c1-21(2)33(37(34,35)27-14-8-5-11-24(27)29)25-12-6-3-9-22(25)15-16-31-17-19-32(20-18-31)28-23-10-4-7-13-26(23)36-30-28/h3-14,21H,15-20H2,1-2H3. The van der Waals surface area contributed by atoms with Crippen molar-refractivity contribution in [2.24, 2.45) is 0 Å². The Balaban J connectivity index is 1.30. The maximum absolute atomic E-state index is 13.7. The third-order valence-corrected chi connectivity index (χ3v) is 10.1. The average molecular weight is 555 g/mol. The summed E-state index contributed by atoms with van der Waals surface area (Å²) < 4.78 is 34.9. The fourth-order valence-electron chi connectivity index (χ4n) is 4.94. The van der Waals surface area contributed by atoms with Gasteiger partial charge in [-0.2, -0.15) is 4.37 Å². The third-order valence-electron chi connectivity index (χ3n) is 6.80. The van der Waals surface area contributed by atoms with Crippen LogP contribution in [0.4, 0.5) is 11.5 Å². The molecule has 0 radical (unpaired) electrons. The Kier molecular flexibility index (Phi) is 7.72. The number of hydrogen-bond acceptors (Lipinski definition) is 6. The van der Waals surface area contributed by atoms with Gasteiger partial charge < -0.3 is 4.90 Å². The molecule has 37 heavy (non-hydrogen) atoms. The summed E-state index contributed by atoms with van der Waals surface area (Å²) in [7, 11) is -3.82. The molecule has 1 aliphatic heterocycles. The van der Waals surface area contributed by atoms with Gasteiger partial charge in [0.2, 0.25) is 0 Å². The monoisotopic (exact) mass is 554 g/mol. The van der Waals surface area contributed by atoms with Crippen molar-refractivity contribution in [2.75, 3.05) is 41.9 Å². The zero-order chi connectivity index (χ0) is 26.0. The Morgan fingerprint density at radius 1 is 0.946 bits per heavy atom. The van der Waals surface area contributed by atoms with E-state index in [2.05, 4.69) is 34.1 Å². The molecule has 0 aliphatic carbocycles. The first-order valence-corrected chi connectivity index (χ1v) is 15.1. The molecule has 1 aliphatic rings. The lowest BCUT2D eigenvalue weighted by Gasteiger charge is -2.35. The molecule has 2 heterocycles. The second-order valence-corrected chi connectivity index (χ2v) is 12.5. The molecule has 9 heteroatoms. The van der Waals surface area contributed by atoms with Gasteiger partial charge in [-0.3, -0.25) is 9.21 Å². The predicted molar refractivity (Wildman–Crippen MR) is 155 cm³/mol. The number of halogens is 1. The highest BCUT2D eigenvalue weighted by Crippen LogP contribution is 2.33. The SMILES string of the molecule is CC(C)N(c1ccccc1CCN1CCN(c2nsc3ccccc23)CC1)S(=O)(=O)c1ccccc1Cl. The lowest BCUT2D eigenvalue weighted by Crippen LogP contribution is -2.47. The molecule has 3 aromatic carbocycles. The fourth-order valence-corrected chi connectivity index (χ4v) is 7.94. The molecule has 6 nitrogen and oxygen atoms in total. The minimum atomic E-state index is -3.82. The van der Waals surface area contributed by atoms with Crippen LogP contribution < -0.4 is 9.21 Å². The Bertz CT molecular complexity index is 1480. The summed E-state index contributed by atoms with van der Waals surface area (Å²) in [5, 5.41) is 1.46. The Morgan fingerprint density at radius 3 is 2.38 bits per heavy atom. The lowest BCUT2D eigenvalue weighted by atomic mass is 10.1. The van der Waals surface area contributed by atoms with E-state index in [9.17, 15) is 8.42 Å². The molecule has 0 bridgehead atoms. The third kappa shape index (κ3) is 5.34. The predicted octanol–water partition coefficient (Wildman–Crippen LogP) is 5.92. The van der Waals surface area contributed by atoms with Crippen molar-refractivity contribution < 1.29 is 8.42 Å². The number of nitrogens with zero attached hydrogens (tertiary/aromatic N) is 4. The second-order valence-electron chi connectivity index (χ2n) is 9.53. The minimum absolute atomic E-state index is 0.130. The Labute approximate surface area is 228 Å². The van der Waals surface area contributed by atoms with Gasteiger partial charge in [0.05, 0.1) is 15.4 Å². The van der Waals surface area contributed by atoms with Crippen LogP contribution in [0.2, 0.25) is 5.02 Å². The second kappa shape index (κ2) is 11.0. The molecular weight excluding hydrogens is 524 g/mol. The molecule has 1 saturated heterocycles. The molecule has 4 aromatic rings.